The molecule has 3 rings (SSSR count). The van der Waals surface area contributed by atoms with Gasteiger partial charge in [0, 0.05) is 5.56 Å². The van der Waals surface area contributed by atoms with Crippen molar-refractivity contribution in [1.29, 1.82) is 0 Å². The summed E-state index contributed by atoms with van der Waals surface area (Å²) >= 11 is 0. The molecule has 3 aromatic rings. The highest BCUT2D eigenvalue weighted by Gasteiger charge is 2.25. The van der Waals surface area contributed by atoms with Crippen LogP contribution in [0.25, 0.3) is 0 Å². The number of hydrogen-bond donors (Lipinski definition) is 3. The van der Waals surface area contributed by atoms with Crippen LogP contribution in [0.2, 0.25) is 0 Å². The number of aryl methyl sites for hydroxylation is 1. The topological polar surface area (TPSA) is 148 Å². The summed E-state index contributed by atoms with van der Waals surface area (Å²) in [4.78, 5) is 43.3. The number of nitrogens with one attached hydrogen (secondary N) is 3. The van der Waals surface area contributed by atoms with Gasteiger partial charge in [-0.05, 0) is 38.1 Å². The number of rotatable bonds is 8. The molecule has 0 fully saturated rings. The number of nitrogens with zero attached hydrogens (tertiary/aromatic N) is 3. The molecule has 11 heteroatoms. The van der Waals surface area contributed by atoms with Crippen LogP contribution >= 0.6 is 0 Å². The summed E-state index contributed by atoms with van der Waals surface area (Å²) in [7, 11) is 0. The second-order valence-corrected chi connectivity index (χ2v) is 6.51. The van der Waals surface area contributed by atoms with Gasteiger partial charge in [0.1, 0.15) is 6.33 Å². The Kier molecular flexibility index (Phi) is 6.91. The van der Waals surface area contributed by atoms with Crippen molar-refractivity contribution in [3.63, 3.8) is 0 Å². The Morgan fingerprint density at radius 3 is 2.44 bits per heavy atom. The van der Waals surface area contributed by atoms with E-state index in [0.717, 1.165) is 11.9 Å². The summed E-state index contributed by atoms with van der Waals surface area (Å²) in [6, 6.07) is 13.2. The maximum atomic E-state index is 12.3. The van der Waals surface area contributed by atoms with Crippen LogP contribution in [-0.4, -0.2) is 33.4 Å². The predicted octanol–water partition coefficient (Wildman–Crippen LogP) is 3.37. The lowest BCUT2D eigenvalue weighted by Crippen LogP contribution is -2.30. The largest absolute Gasteiger partial charge is 0.462 e. The molecule has 0 atom stereocenters. The van der Waals surface area contributed by atoms with Gasteiger partial charge in [-0.15, -0.1) is 0 Å². The lowest BCUT2D eigenvalue weighted by molar-refractivity contribution is -0.383. The van der Waals surface area contributed by atoms with Gasteiger partial charge in [0.15, 0.2) is 0 Å². The van der Waals surface area contributed by atoms with Crippen LogP contribution in [0, 0.1) is 17.0 Å². The molecule has 164 valence electrons. The molecule has 2 aromatic carbocycles. The molecule has 32 heavy (non-hydrogen) atoms. The second-order valence-electron chi connectivity index (χ2n) is 6.51. The minimum Gasteiger partial charge on any atom is -0.462 e. The number of carbonyl (C=O) groups excluding carboxylic acids is 2. The van der Waals surface area contributed by atoms with Crippen LogP contribution in [0.1, 0.15) is 33.2 Å². The van der Waals surface area contributed by atoms with Gasteiger partial charge in [0.25, 0.3) is 5.91 Å². The van der Waals surface area contributed by atoms with E-state index < -0.39 is 22.5 Å². The molecule has 0 aliphatic carbocycles. The normalized spacial score (nSPS) is 10.2. The molecule has 0 aliphatic heterocycles. The lowest BCUT2D eigenvalue weighted by Gasteiger charge is -2.13. The fraction of sp³-hybridized carbons (Fsp3) is 0.143. The number of hydrazine groups is 1. The van der Waals surface area contributed by atoms with E-state index in [1.165, 1.54) is 6.07 Å². The summed E-state index contributed by atoms with van der Waals surface area (Å²) in [5.74, 6) is -1.49. The predicted molar refractivity (Wildman–Crippen MR) is 117 cm³/mol. The van der Waals surface area contributed by atoms with Crippen LogP contribution in [-0.2, 0) is 4.74 Å². The van der Waals surface area contributed by atoms with Gasteiger partial charge in [-0.1, -0.05) is 29.8 Å². The number of ether oxygens (including phenoxy) is 1. The fourth-order valence-electron chi connectivity index (χ4n) is 2.73. The number of amides is 1. The van der Waals surface area contributed by atoms with Crippen LogP contribution in [0.15, 0.2) is 54.9 Å². The minimum atomic E-state index is -0.699. The summed E-state index contributed by atoms with van der Waals surface area (Å²) < 4.78 is 5.02. The maximum Gasteiger partial charge on any atom is 0.355 e. The van der Waals surface area contributed by atoms with Gasteiger partial charge in [-0.25, -0.2) is 14.8 Å². The zero-order valence-corrected chi connectivity index (χ0v) is 17.3. The van der Waals surface area contributed by atoms with Crippen LogP contribution in [0.5, 0.6) is 0 Å². The minimum absolute atomic E-state index is 0.172. The summed E-state index contributed by atoms with van der Waals surface area (Å²) in [5, 5.41) is 14.5. The van der Waals surface area contributed by atoms with Crippen LogP contribution in [0.4, 0.5) is 23.0 Å². The van der Waals surface area contributed by atoms with E-state index in [2.05, 4.69) is 26.1 Å². The van der Waals surface area contributed by atoms with Crippen LogP contribution < -0.4 is 16.2 Å². The van der Waals surface area contributed by atoms with E-state index in [0.29, 0.717) is 5.56 Å². The van der Waals surface area contributed by atoms with E-state index in [1.54, 1.807) is 49.4 Å². The Balaban J connectivity index is 1.86. The first kappa shape index (κ1) is 22.2. The van der Waals surface area contributed by atoms with Crippen molar-refractivity contribution in [3.05, 3.63) is 81.7 Å². The number of nitro groups is 1. The molecule has 0 radical (unpaired) electrons. The van der Waals surface area contributed by atoms with Crippen molar-refractivity contribution < 1.29 is 19.2 Å². The third kappa shape index (κ3) is 5.14. The Labute approximate surface area is 183 Å². The van der Waals surface area contributed by atoms with E-state index in [9.17, 15) is 19.7 Å². The van der Waals surface area contributed by atoms with E-state index in [-0.39, 0.29) is 29.5 Å². The molecule has 0 saturated heterocycles. The molecule has 11 nitrogen and oxygen atoms in total. The maximum absolute atomic E-state index is 12.3. The monoisotopic (exact) mass is 436 g/mol. The molecule has 0 spiro atoms. The number of anilines is 3. The van der Waals surface area contributed by atoms with Gasteiger partial charge in [0.05, 0.1) is 22.8 Å². The van der Waals surface area contributed by atoms with Gasteiger partial charge < -0.3 is 10.1 Å². The van der Waals surface area contributed by atoms with Gasteiger partial charge in [0.2, 0.25) is 11.6 Å². The summed E-state index contributed by atoms with van der Waals surface area (Å²) in [5.41, 5.74) is 6.13. The van der Waals surface area contributed by atoms with Gasteiger partial charge in [-0.2, -0.15) is 0 Å². The lowest BCUT2D eigenvalue weighted by atomic mass is 10.1. The Morgan fingerprint density at radius 2 is 1.75 bits per heavy atom. The van der Waals surface area contributed by atoms with Crippen molar-refractivity contribution in [2.24, 2.45) is 0 Å². The SMILES string of the molecule is CCOC(=O)c1ccccc1Nc1ncnc(NNC(=O)c2ccc(C)cc2)c1[N+](=O)[O-]. The first-order valence-corrected chi connectivity index (χ1v) is 9.56. The number of para-hydroxylation sites is 1. The number of hydrogen-bond acceptors (Lipinski definition) is 9. The molecule has 0 unspecified atom stereocenters. The van der Waals surface area contributed by atoms with E-state index >= 15 is 0 Å². The number of esters is 1. The summed E-state index contributed by atoms with van der Waals surface area (Å²) in [6.45, 7) is 3.74. The molecule has 1 aromatic heterocycles. The number of aromatic nitrogens is 2. The number of benzene rings is 2. The molecule has 0 saturated carbocycles. The molecule has 3 N–H and O–H groups in total. The van der Waals surface area contributed by atoms with Crippen molar-refractivity contribution in [1.82, 2.24) is 15.4 Å². The quantitative estimate of drug-likeness (QED) is 0.274. The highest BCUT2D eigenvalue weighted by Crippen LogP contribution is 2.32. The van der Waals surface area contributed by atoms with Crippen molar-refractivity contribution >= 4 is 34.9 Å². The van der Waals surface area contributed by atoms with Crippen LogP contribution in [0.3, 0.4) is 0 Å². The standard InChI is InChI=1S/C21H20N6O5/c1-3-32-21(29)15-6-4-5-7-16(15)24-18-17(27(30)31)19(23-12-22-18)25-26-20(28)14-10-8-13(2)9-11-14/h4-12H,3H2,1-2H3,(H,26,28)(H2,22,23,24,25). The third-order valence-electron chi connectivity index (χ3n) is 4.29. The number of carbonyl (C=O) groups is 2. The molecule has 0 aliphatic rings. The Bertz CT molecular complexity index is 1150. The third-order valence-corrected chi connectivity index (χ3v) is 4.29. The molecule has 1 heterocycles. The Hall–Kier alpha value is -4.54. The smallest absolute Gasteiger partial charge is 0.355 e. The molecule has 0 bridgehead atoms. The molecule has 1 amide bonds. The van der Waals surface area contributed by atoms with Crippen molar-refractivity contribution in [2.45, 2.75) is 13.8 Å². The van der Waals surface area contributed by atoms with Gasteiger partial charge >= 0.3 is 11.7 Å². The fourth-order valence-corrected chi connectivity index (χ4v) is 2.73. The highest BCUT2D eigenvalue weighted by molar-refractivity contribution is 5.97. The van der Waals surface area contributed by atoms with Crippen molar-refractivity contribution in [2.75, 3.05) is 17.3 Å². The van der Waals surface area contributed by atoms with E-state index in [4.69, 9.17) is 4.74 Å². The van der Waals surface area contributed by atoms with E-state index in [1.807, 2.05) is 6.92 Å². The Morgan fingerprint density at radius 1 is 1.06 bits per heavy atom. The molecular formula is C21H20N6O5. The average molecular weight is 436 g/mol. The molecular weight excluding hydrogens is 416 g/mol. The van der Waals surface area contributed by atoms with Crippen molar-refractivity contribution in [3.8, 4) is 0 Å². The van der Waals surface area contributed by atoms with Gasteiger partial charge in [-0.3, -0.25) is 25.8 Å². The highest BCUT2D eigenvalue weighted by atomic mass is 16.6. The summed E-state index contributed by atoms with van der Waals surface area (Å²) in [6.07, 6.45) is 1.09. The zero-order valence-electron chi connectivity index (χ0n) is 17.3. The zero-order chi connectivity index (χ0) is 23.1. The first-order valence-electron chi connectivity index (χ1n) is 9.56. The average Bonchev–Trinajstić information content (AvgIpc) is 2.78. The first-order chi connectivity index (χ1) is 15.4. The second kappa shape index (κ2) is 9.98.